The van der Waals surface area contributed by atoms with Gasteiger partial charge in [0.15, 0.2) is 4.21 Å². The van der Waals surface area contributed by atoms with E-state index in [1.807, 2.05) is 0 Å². The van der Waals surface area contributed by atoms with Gasteiger partial charge in [0.25, 0.3) is 10.0 Å². The van der Waals surface area contributed by atoms with Crippen molar-refractivity contribution in [1.82, 2.24) is 4.98 Å². The number of nitrogens with zero attached hydrogens (tertiary/aromatic N) is 1. The van der Waals surface area contributed by atoms with Gasteiger partial charge in [-0.15, -0.1) is 22.7 Å². The van der Waals surface area contributed by atoms with Crippen LogP contribution in [0.3, 0.4) is 0 Å². The number of aromatic nitrogens is 1. The molecule has 0 saturated carbocycles. The van der Waals surface area contributed by atoms with Gasteiger partial charge >= 0.3 is 5.97 Å². The molecule has 0 unspecified atom stereocenters. The number of carbonyl (C=O) groups is 1. The number of sulfonamides is 1. The molecule has 2 aromatic heterocycles. The molecule has 0 radical (unpaired) electrons. The Bertz CT molecular complexity index is 730. The largest absolute Gasteiger partial charge is 0.477 e. The summed E-state index contributed by atoms with van der Waals surface area (Å²) in [7, 11) is -3.70. The molecular weight excluding hydrogens is 308 g/mol. The topological polar surface area (TPSA) is 96.4 Å². The van der Waals surface area contributed by atoms with Crippen LogP contribution in [0.15, 0.2) is 16.5 Å². The van der Waals surface area contributed by atoms with E-state index in [1.165, 1.54) is 12.3 Å². The van der Waals surface area contributed by atoms with E-state index in [0.717, 1.165) is 22.7 Å². The van der Waals surface area contributed by atoms with E-state index >= 15 is 0 Å². The Morgan fingerprint density at radius 1 is 1.37 bits per heavy atom. The van der Waals surface area contributed by atoms with Crippen molar-refractivity contribution in [1.29, 1.82) is 0 Å². The van der Waals surface area contributed by atoms with Gasteiger partial charge in [0.2, 0.25) is 0 Å². The number of rotatable bonds is 4. The minimum Gasteiger partial charge on any atom is -0.477 e. The average Bonchev–Trinajstić information content (AvgIpc) is 2.85. The lowest BCUT2D eigenvalue weighted by Crippen LogP contribution is -2.10. The summed E-state index contributed by atoms with van der Waals surface area (Å²) in [5.41, 5.74) is 0.524. The fraction of sp³-hybridized carbons (Fsp3) is 0.200. The second-order valence-corrected chi connectivity index (χ2v) is 7.93. The minimum absolute atomic E-state index is 0.105. The lowest BCUT2D eigenvalue weighted by Gasteiger charge is -2.01. The van der Waals surface area contributed by atoms with Crippen molar-refractivity contribution in [3.8, 4) is 0 Å². The van der Waals surface area contributed by atoms with Crippen molar-refractivity contribution >= 4 is 43.7 Å². The smallest absolute Gasteiger partial charge is 0.346 e. The summed E-state index contributed by atoms with van der Waals surface area (Å²) in [6.07, 6.45) is 1.28. The lowest BCUT2D eigenvalue weighted by molar-refractivity contribution is 0.0701. The molecule has 2 aromatic rings. The summed E-state index contributed by atoms with van der Waals surface area (Å²) in [5.74, 6) is -1.07. The highest BCUT2D eigenvalue weighted by atomic mass is 32.2. The molecule has 9 heteroatoms. The molecule has 0 fully saturated rings. The zero-order valence-corrected chi connectivity index (χ0v) is 12.4. The zero-order chi connectivity index (χ0) is 14.2. The predicted octanol–water partition coefficient (Wildman–Crippen LogP) is 2.32. The van der Waals surface area contributed by atoms with Gasteiger partial charge < -0.3 is 5.11 Å². The van der Waals surface area contributed by atoms with Crippen LogP contribution in [-0.4, -0.2) is 24.5 Å². The molecule has 2 rings (SSSR count). The summed E-state index contributed by atoms with van der Waals surface area (Å²) in [4.78, 5) is 14.9. The van der Waals surface area contributed by atoms with Gasteiger partial charge in [-0.25, -0.2) is 18.2 Å². The van der Waals surface area contributed by atoms with Crippen molar-refractivity contribution in [2.45, 2.75) is 18.1 Å². The maximum absolute atomic E-state index is 12.0. The molecule has 2 heterocycles. The first kappa shape index (κ1) is 14.0. The molecule has 0 spiro atoms. The van der Waals surface area contributed by atoms with Crippen LogP contribution in [0.25, 0.3) is 0 Å². The van der Waals surface area contributed by atoms with E-state index in [-0.39, 0.29) is 14.1 Å². The molecule has 0 aliphatic rings. The molecule has 0 bridgehead atoms. The summed E-state index contributed by atoms with van der Waals surface area (Å²) >= 11 is 1.95. The van der Waals surface area contributed by atoms with Crippen LogP contribution in [0.5, 0.6) is 0 Å². The number of carboxylic acid groups (broad SMARTS) is 1. The fourth-order valence-corrected chi connectivity index (χ4v) is 4.70. The van der Waals surface area contributed by atoms with Crippen LogP contribution < -0.4 is 4.72 Å². The second-order valence-electron chi connectivity index (χ2n) is 3.73. The standard InChI is InChI=1S/C10H10N2O4S3/c1-5-3-7(18-9(5)10(13)14)12-19(15,16)8-4-11-6(2)17-8/h3-4,12H,1-2H3,(H,13,14). The Labute approximate surface area is 117 Å². The molecule has 0 amide bonds. The maximum atomic E-state index is 12.0. The predicted molar refractivity (Wildman–Crippen MR) is 73.7 cm³/mol. The second kappa shape index (κ2) is 4.91. The van der Waals surface area contributed by atoms with E-state index in [4.69, 9.17) is 5.11 Å². The van der Waals surface area contributed by atoms with Crippen molar-refractivity contribution in [2.24, 2.45) is 0 Å². The molecular formula is C10H10N2O4S3. The number of aryl methyl sites for hydroxylation is 2. The number of carboxylic acids is 1. The first-order chi connectivity index (χ1) is 8.79. The van der Waals surface area contributed by atoms with Gasteiger partial charge in [-0.05, 0) is 25.5 Å². The van der Waals surface area contributed by atoms with Gasteiger partial charge in [-0.2, -0.15) is 0 Å². The summed E-state index contributed by atoms with van der Waals surface area (Å²) in [5, 5.41) is 9.85. The zero-order valence-electron chi connectivity index (χ0n) is 10.00. The Morgan fingerprint density at radius 2 is 2.05 bits per heavy atom. The SMILES string of the molecule is Cc1ncc(S(=O)(=O)Nc2cc(C)c(C(=O)O)s2)s1. The summed E-state index contributed by atoms with van der Waals surface area (Å²) in [6, 6.07) is 1.50. The van der Waals surface area contributed by atoms with Gasteiger partial charge in [-0.3, -0.25) is 4.72 Å². The fourth-order valence-electron chi connectivity index (χ4n) is 1.39. The lowest BCUT2D eigenvalue weighted by atomic mass is 10.3. The Balaban J connectivity index is 2.31. The van der Waals surface area contributed by atoms with E-state index in [1.54, 1.807) is 13.8 Å². The number of aromatic carboxylic acids is 1. The highest BCUT2D eigenvalue weighted by molar-refractivity contribution is 7.94. The number of thiazole rings is 1. The normalized spacial score (nSPS) is 11.5. The number of hydrogen-bond donors (Lipinski definition) is 2. The molecule has 0 atom stereocenters. The molecule has 0 aliphatic carbocycles. The third-order valence-corrected chi connectivity index (χ3v) is 6.22. The number of nitrogens with one attached hydrogen (secondary N) is 1. The van der Waals surface area contributed by atoms with Crippen LogP contribution in [0.2, 0.25) is 0 Å². The number of hydrogen-bond acceptors (Lipinski definition) is 6. The van der Waals surface area contributed by atoms with Crippen LogP contribution >= 0.6 is 22.7 Å². The minimum atomic E-state index is -3.70. The van der Waals surface area contributed by atoms with Crippen molar-refractivity contribution < 1.29 is 18.3 Å². The Hall–Kier alpha value is -1.45. The highest BCUT2D eigenvalue weighted by Crippen LogP contribution is 2.29. The maximum Gasteiger partial charge on any atom is 0.346 e. The molecule has 6 nitrogen and oxygen atoms in total. The first-order valence-electron chi connectivity index (χ1n) is 5.08. The summed E-state index contributed by atoms with van der Waals surface area (Å²) in [6.45, 7) is 3.33. The Kier molecular flexibility index (Phi) is 3.61. The number of anilines is 1. The molecule has 0 aliphatic heterocycles. The molecule has 102 valence electrons. The monoisotopic (exact) mass is 318 g/mol. The molecule has 19 heavy (non-hydrogen) atoms. The van der Waals surface area contributed by atoms with Gasteiger partial charge in [0.05, 0.1) is 11.2 Å². The van der Waals surface area contributed by atoms with Crippen LogP contribution in [0.1, 0.15) is 20.2 Å². The van der Waals surface area contributed by atoms with Gasteiger partial charge in [0.1, 0.15) is 9.88 Å². The number of thiophene rings is 1. The Morgan fingerprint density at radius 3 is 2.53 bits per heavy atom. The van der Waals surface area contributed by atoms with Crippen molar-refractivity contribution in [3.05, 3.63) is 27.7 Å². The highest BCUT2D eigenvalue weighted by Gasteiger charge is 2.20. The van der Waals surface area contributed by atoms with Crippen LogP contribution in [0, 0.1) is 13.8 Å². The van der Waals surface area contributed by atoms with E-state index < -0.39 is 16.0 Å². The first-order valence-corrected chi connectivity index (χ1v) is 8.20. The van der Waals surface area contributed by atoms with Gasteiger partial charge in [-0.1, -0.05) is 0 Å². The van der Waals surface area contributed by atoms with E-state index in [2.05, 4.69) is 9.71 Å². The van der Waals surface area contributed by atoms with Crippen LogP contribution in [0.4, 0.5) is 5.00 Å². The van der Waals surface area contributed by atoms with E-state index in [0.29, 0.717) is 10.6 Å². The molecule has 2 N–H and O–H groups in total. The third-order valence-electron chi connectivity index (χ3n) is 2.21. The van der Waals surface area contributed by atoms with Crippen molar-refractivity contribution in [3.63, 3.8) is 0 Å². The molecule has 0 saturated heterocycles. The van der Waals surface area contributed by atoms with Crippen molar-refractivity contribution in [2.75, 3.05) is 4.72 Å². The van der Waals surface area contributed by atoms with Crippen LogP contribution in [-0.2, 0) is 10.0 Å². The van der Waals surface area contributed by atoms with E-state index in [9.17, 15) is 13.2 Å². The summed E-state index contributed by atoms with van der Waals surface area (Å²) < 4.78 is 26.5. The molecule has 0 aromatic carbocycles. The average molecular weight is 318 g/mol. The third kappa shape index (κ3) is 2.94. The van der Waals surface area contributed by atoms with Gasteiger partial charge in [0, 0.05) is 0 Å². The quantitative estimate of drug-likeness (QED) is 0.902.